The predicted molar refractivity (Wildman–Crippen MR) is 69.3 cm³/mol. The van der Waals surface area contributed by atoms with Crippen molar-refractivity contribution in [2.24, 2.45) is 0 Å². The molecule has 1 fully saturated rings. The molecule has 1 aliphatic carbocycles. The first-order valence-corrected chi connectivity index (χ1v) is 6.69. The van der Waals surface area contributed by atoms with Crippen LogP contribution in [0.5, 0.6) is 0 Å². The fourth-order valence-electron chi connectivity index (χ4n) is 2.51. The molecule has 1 aromatic carbocycles. The SMILES string of the molecule is CNC1CCC(O)(c2cc(Br)ccc2F)CC1. The Morgan fingerprint density at radius 3 is 2.65 bits per heavy atom. The smallest absolute Gasteiger partial charge is 0.129 e. The maximum absolute atomic E-state index is 13.8. The molecule has 0 unspecified atom stereocenters. The summed E-state index contributed by atoms with van der Waals surface area (Å²) in [6, 6.07) is 5.18. The molecule has 0 spiro atoms. The van der Waals surface area contributed by atoms with Crippen LogP contribution >= 0.6 is 15.9 Å². The van der Waals surface area contributed by atoms with E-state index in [4.69, 9.17) is 0 Å². The van der Waals surface area contributed by atoms with Gasteiger partial charge in [0.25, 0.3) is 0 Å². The average molecular weight is 302 g/mol. The number of benzene rings is 1. The van der Waals surface area contributed by atoms with Crippen LogP contribution in [-0.2, 0) is 5.60 Å². The van der Waals surface area contributed by atoms with Crippen LogP contribution < -0.4 is 5.32 Å². The Bertz CT molecular complexity index is 402. The molecule has 1 aliphatic rings. The monoisotopic (exact) mass is 301 g/mol. The molecule has 0 aromatic heterocycles. The topological polar surface area (TPSA) is 32.3 Å². The molecule has 2 nitrogen and oxygen atoms in total. The van der Waals surface area contributed by atoms with Crippen LogP contribution in [0, 0.1) is 5.82 Å². The lowest BCUT2D eigenvalue weighted by atomic mass is 9.77. The molecule has 0 aliphatic heterocycles. The number of nitrogens with one attached hydrogen (secondary N) is 1. The molecule has 0 heterocycles. The van der Waals surface area contributed by atoms with E-state index in [9.17, 15) is 9.50 Å². The minimum atomic E-state index is -1.01. The van der Waals surface area contributed by atoms with Gasteiger partial charge in [-0.05, 0) is 50.9 Å². The van der Waals surface area contributed by atoms with E-state index in [2.05, 4.69) is 21.2 Å². The van der Waals surface area contributed by atoms with Gasteiger partial charge in [-0.15, -0.1) is 0 Å². The van der Waals surface area contributed by atoms with Crippen molar-refractivity contribution < 1.29 is 9.50 Å². The predicted octanol–water partition coefficient (Wildman–Crippen LogP) is 2.94. The molecule has 0 bridgehead atoms. The molecule has 17 heavy (non-hydrogen) atoms. The van der Waals surface area contributed by atoms with E-state index in [1.54, 1.807) is 12.1 Å². The van der Waals surface area contributed by atoms with E-state index in [0.29, 0.717) is 24.4 Å². The summed E-state index contributed by atoms with van der Waals surface area (Å²) < 4.78 is 14.6. The van der Waals surface area contributed by atoms with E-state index in [1.807, 2.05) is 7.05 Å². The normalized spacial score (nSPS) is 29.3. The van der Waals surface area contributed by atoms with Crippen molar-refractivity contribution in [2.45, 2.75) is 37.3 Å². The summed E-state index contributed by atoms with van der Waals surface area (Å²) in [6.45, 7) is 0. The Kier molecular flexibility index (Phi) is 3.85. The summed E-state index contributed by atoms with van der Waals surface area (Å²) in [5.41, 5.74) is -0.595. The zero-order valence-corrected chi connectivity index (χ0v) is 11.4. The highest BCUT2D eigenvalue weighted by Gasteiger charge is 2.36. The highest BCUT2D eigenvalue weighted by molar-refractivity contribution is 9.10. The van der Waals surface area contributed by atoms with Crippen molar-refractivity contribution >= 4 is 15.9 Å². The van der Waals surface area contributed by atoms with E-state index in [1.165, 1.54) is 6.07 Å². The molecule has 0 atom stereocenters. The van der Waals surface area contributed by atoms with Gasteiger partial charge >= 0.3 is 0 Å². The summed E-state index contributed by atoms with van der Waals surface area (Å²) in [6.07, 6.45) is 2.95. The van der Waals surface area contributed by atoms with Crippen molar-refractivity contribution in [1.82, 2.24) is 5.32 Å². The second-order valence-electron chi connectivity index (χ2n) is 4.72. The van der Waals surface area contributed by atoms with E-state index in [-0.39, 0.29) is 5.82 Å². The highest BCUT2D eigenvalue weighted by atomic mass is 79.9. The fraction of sp³-hybridized carbons (Fsp3) is 0.538. The summed E-state index contributed by atoms with van der Waals surface area (Å²) in [5.74, 6) is -0.321. The zero-order chi connectivity index (χ0) is 12.5. The minimum absolute atomic E-state index is 0.321. The Hall–Kier alpha value is -0.450. The van der Waals surface area contributed by atoms with Gasteiger partial charge in [-0.25, -0.2) is 4.39 Å². The van der Waals surface area contributed by atoms with Crippen LogP contribution in [0.4, 0.5) is 4.39 Å². The number of halogens is 2. The number of hydrogen-bond donors (Lipinski definition) is 2. The van der Waals surface area contributed by atoms with Gasteiger partial charge in [0.15, 0.2) is 0 Å². The van der Waals surface area contributed by atoms with Crippen molar-refractivity contribution in [1.29, 1.82) is 0 Å². The molecule has 4 heteroatoms. The molecule has 1 aromatic rings. The Labute approximate surface area is 109 Å². The van der Waals surface area contributed by atoms with Crippen molar-refractivity contribution in [2.75, 3.05) is 7.05 Å². The van der Waals surface area contributed by atoms with Gasteiger partial charge in [0.05, 0.1) is 5.60 Å². The Morgan fingerprint density at radius 1 is 1.41 bits per heavy atom. The second-order valence-corrected chi connectivity index (χ2v) is 5.63. The Balaban J connectivity index is 2.24. The van der Waals surface area contributed by atoms with Crippen LogP contribution in [0.2, 0.25) is 0 Å². The fourth-order valence-corrected chi connectivity index (χ4v) is 2.87. The van der Waals surface area contributed by atoms with Crippen LogP contribution in [0.3, 0.4) is 0 Å². The number of aliphatic hydroxyl groups is 1. The molecular formula is C13H17BrFNO. The molecule has 2 N–H and O–H groups in total. The van der Waals surface area contributed by atoms with E-state index in [0.717, 1.165) is 17.3 Å². The third kappa shape index (κ3) is 2.69. The maximum Gasteiger partial charge on any atom is 0.129 e. The van der Waals surface area contributed by atoms with Gasteiger partial charge in [0.2, 0.25) is 0 Å². The second kappa shape index (κ2) is 5.04. The third-order valence-electron chi connectivity index (χ3n) is 3.65. The van der Waals surface area contributed by atoms with E-state index >= 15 is 0 Å². The lowest BCUT2D eigenvalue weighted by Crippen LogP contribution is -2.38. The van der Waals surface area contributed by atoms with Crippen LogP contribution in [0.15, 0.2) is 22.7 Å². The van der Waals surface area contributed by atoms with Crippen molar-refractivity contribution in [3.05, 3.63) is 34.1 Å². The molecular weight excluding hydrogens is 285 g/mol. The molecule has 0 saturated heterocycles. The van der Waals surface area contributed by atoms with Gasteiger partial charge in [0, 0.05) is 16.1 Å². The first-order chi connectivity index (χ1) is 8.05. The third-order valence-corrected chi connectivity index (χ3v) is 4.14. The molecule has 94 valence electrons. The van der Waals surface area contributed by atoms with Gasteiger partial charge in [0.1, 0.15) is 5.82 Å². The molecule has 0 radical (unpaired) electrons. The largest absolute Gasteiger partial charge is 0.385 e. The van der Waals surface area contributed by atoms with Crippen molar-refractivity contribution in [3.63, 3.8) is 0 Å². The maximum atomic E-state index is 13.8. The highest BCUT2D eigenvalue weighted by Crippen LogP contribution is 2.39. The lowest BCUT2D eigenvalue weighted by Gasteiger charge is -2.36. The zero-order valence-electron chi connectivity index (χ0n) is 9.84. The minimum Gasteiger partial charge on any atom is -0.385 e. The first kappa shape index (κ1) is 13.0. The number of hydrogen-bond acceptors (Lipinski definition) is 2. The summed E-state index contributed by atoms with van der Waals surface area (Å²) in [4.78, 5) is 0. The van der Waals surface area contributed by atoms with Gasteiger partial charge in [-0.3, -0.25) is 0 Å². The summed E-state index contributed by atoms with van der Waals surface area (Å²) in [7, 11) is 1.93. The molecule has 0 amide bonds. The van der Waals surface area contributed by atoms with Crippen LogP contribution in [0.1, 0.15) is 31.2 Å². The average Bonchev–Trinajstić information content (AvgIpc) is 2.33. The van der Waals surface area contributed by atoms with Gasteiger partial charge < -0.3 is 10.4 Å². The Morgan fingerprint density at radius 2 is 2.06 bits per heavy atom. The quantitative estimate of drug-likeness (QED) is 0.880. The lowest BCUT2D eigenvalue weighted by molar-refractivity contribution is -0.0106. The number of rotatable bonds is 2. The van der Waals surface area contributed by atoms with E-state index < -0.39 is 5.60 Å². The standard InChI is InChI=1S/C13H17BrFNO/c1-16-10-4-6-13(17,7-5-10)11-8-9(14)2-3-12(11)15/h2-3,8,10,16-17H,4-7H2,1H3. The van der Waals surface area contributed by atoms with Crippen molar-refractivity contribution in [3.8, 4) is 0 Å². The summed E-state index contributed by atoms with van der Waals surface area (Å²) >= 11 is 3.32. The molecule has 2 rings (SSSR count). The molecule has 1 saturated carbocycles. The van der Waals surface area contributed by atoms with Crippen LogP contribution in [-0.4, -0.2) is 18.2 Å². The summed E-state index contributed by atoms with van der Waals surface area (Å²) in [5, 5.41) is 13.8. The van der Waals surface area contributed by atoms with Gasteiger partial charge in [-0.1, -0.05) is 15.9 Å². The van der Waals surface area contributed by atoms with Crippen LogP contribution in [0.25, 0.3) is 0 Å². The van der Waals surface area contributed by atoms with Gasteiger partial charge in [-0.2, -0.15) is 0 Å². The first-order valence-electron chi connectivity index (χ1n) is 5.90.